The predicted octanol–water partition coefficient (Wildman–Crippen LogP) is 3.96. The summed E-state index contributed by atoms with van der Waals surface area (Å²) in [6, 6.07) is 6.21. The Morgan fingerprint density at radius 3 is 2.80 bits per heavy atom. The number of pyridine rings is 1. The quantitative estimate of drug-likeness (QED) is 0.633. The van der Waals surface area contributed by atoms with Crippen molar-refractivity contribution in [2.24, 2.45) is 11.7 Å². The van der Waals surface area contributed by atoms with E-state index < -0.39 is 23.9 Å². The van der Waals surface area contributed by atoms with Crippen molar-refractivity contribution in [2.45, 2.75) is 43.8 Å². The van der Waals surface area contributed by atoms with Crippen LogP contribution in [0.5, 0.6) is 0 Å². The Labute approximate surface area is 172 Å². The predicted molar refractivity (Wildman–Crippen MR) is 109 cm³/mol. The van der Waals surface area contributed by atoms with Gasteiger partial charge in [-0.3, -0.25) is 4.79 Å². The van der Waals surface area contributed by atoms with Crippen LogP contribution in [0.25, 0.3) is 11.1 Å². The number of nitrogens with zero attached hydrogens (tertiary/aromatic N) is 1. The highest BCUT2D eigenvalue weighted by Gasteiger charge is 2.29. The fourth-order valence-corrected chi connectivity index (χ4v) is 4.23. The van der Waals surface area contributed by atoms with Crippen LogP contribution in [-0.4, -0.2) is 29.9 Å². The van der Waals surface area contributed by atoms with Gasteiger partial charge in [-0.05, 0) is 55.4 Å². The van der Waals surface area contributed by atoms with E-state index in [1.54, 1.807) is 6.07 Å². The number of benzene rings is 1. The first kappa shape index (κ1) is 20.7. The van der Waals surface area contributed by atoms with Gasteiger partial charge in [0, 0.05) is 24.8 Å². The number of hydrogen-bond donors (Lipinski definition) is 2. The van der Waals surface area contributed by atoms with E-state index in [1.165, 1.54) is 13.2 Å². The Bertz CT molecular complexity index is 1070. The summed E-state index contributed by atoms with van der Waals surface area (Å²) in [6.45, 7) is 0.203. The number of fused-ring (bicyclic) bond motifs is 1. The van der Waals surface area contributed by atoms with Crippen LogP contribution in [0.2, 0.25) is 0 Å². The molecule has 0 saturated heterocycles. The maximum atomic E-state index is 13.7. The third-order valence-corrected chi connectivity index (χ3v) is 5.93. The van der Waals surface area contributed by atoms with Crippen LogP contribution in [0.4, 0.5) is 8.78 Å². The molecule has 1 aromatic carbocycles. The molecule has 3 aromatic rings. The van der Waals surface area contributed by atoms with E-state index in [2.05, 4.69) is 9.97 Å². The summed E-state index contributed by atoms with van der Waals surface area (Å²) in [5.74, 6) is -0.426. The van der Waals surface area contributed by atoms with E-state index in [4.69, 9.17) is 14.9 Å². The molecule has 0 bridgehead atoms. The molecule has 1 saturated carbocycles. The molecule has 0 unspecified atom stereocenters. The highest BCUT2D eigenvalue weighted by Crippen LogP contribution is 2.35. The Morgan fingerprint density at radius 1 is 1.30 bits per heavy atom. The maximum absolute atomic E-state index is 13.7. The molecule has 6 nitrogen and oxygen atoms in total. The average Bonchev–Trinajstić information content (AvgIpc) is 3.17. The molecule has 4 rings (SSSR count). The monoisotopic (exact) mass is 417 g/mol. The number of methoxy groups -OCH3 is 1. The number of aromatic nitrogens is 2. The second kappa shape index (κ2) is 8.65. The van der Waals surface area contributed by atoms with Gasteiger partial charge in [0.25, 0.3) is 5.56 Å². The van der Waals surface area contributed by atoms with Gasteiger partial charge in [0.15, 0.2) is 5.58 Å². The van der Waals surface area contributed by atoms with Gasteiger partial charge in [0.1, 0.15) is 17.5 Å². The summed E-state index contributed by atoms with van der Waals surface area (Å²) in [5, 5.41) is 0. The summed E-state index contributed by atoms with van der Waals surface area (Å²) in [5.41, 5.74) is 8.21. The van der Waals surface area contributed by atoms with Crippen LogP contribution in [0.1, 0.15) is 54.7 Å². The molecule has 0 amide bonds. The van der Waals surface area contributed by atoms with Gasteiger partial charge in [-0.25, -0.2) is 13.8 Å². The zero-order valence-electron chi connectivity index (χ0n) is 16.7. The third-order valence-electron chi connectivity index (χ3n) is 5.93. The van der Waals surface area contributed by atoms with Crippen molar-refractivity contribution in [3.63, 3.8) is 0 Å². The lowest BCUT2D eigenvalue weighted by molar-refractivity contribution is 0.182. The normalized spacial score (nSPS) is 21.6. The second-order valence-corrected chi connectivity index (χ2v) is 7.93. The van der Waals surface area contributed by atoms with E-state index >= 15 is 0 Å². The topological polar surface area (TPSA) is 94.1 Å². The maximum Gasteiger partial charge on any atom is 0.252 e. The van der Waals surface area contributed by atoms with Gasteiger partial charge >= 0.3 is 0 Å². The van der Waals surface area contributed by atoms with Gasteiger partial charge in [0.05, 0.1) is 12.6 Å². The number of rotatable bonds is 6. The van der Waals surface area contributed by atoms with Crippen molar-refractivity contribution < 1.29 is 17.9 Å². The summed E-state index contributed by atoms with van der Waals surface area (Å²) < 4.78 is 38.3. The summed E-state index contributed by atoms with van der Waals surface area (Å²) in [7, 11) is 1.53. The first-order chi connectivity index (χ1) is 14.5. The molecule has 160 valence electrons. The highest BCUT2D eigenvalue weighted by atomic mass is 19.1. The molecular weight excluding hydrogens is 392 g/mol. The van der Waals surface area contributed by atoms with Crippen molar-refractivity contribution in [3.05, 3.63) is 63.7 Å². The number of halogens is 2. The van der Waals surface area contributed by atoms with E-state index in [0.29, 0.717) is 42.7 Å². The van der Waals surface area contributed by atoms with Crippen LogP contribution in [-0.2, 0) is 4.74 Å². The molecule has 1 fully saturated rings. The summed E-state index contributed by atoms with van der Waals surface area (Å²) in [6.07, 6.45) is 2.74. The number of hydrogen-bond acceptors (Lipinski definition) is 5. The van der Waals surface area contributed by atoms with Crippen molar-refractivity contribution in [1.29, 1.82) is 0 Å². The fraction of sp³-hybridized carbons (Fsp3) is 0.455. The molecule has 0 aliphatic heterocycles. The number of alkyl halides is 1. The smallest absolute Gasteiger partial charge is 0.252 e. The minimum absolute atomic E-state index is 0.136. The van der Waals surface area contributed by atoms with E-state index in [1.807, 2.05) is 12.1 Å². The van der Waals surface area contributed by atoms with Crippen LogP contribution in [0, 0.1) is 11.7 Å². The molecule has 2 atom stereocenters. The van der Waals surface area contributed by atoms with Crippen molar-refractivity contribution in [3.8, 4) is 0 Å². The van der Waals surface area contributed by atoms with Crippen LogP contribution in [0.3, 0.4) is 0 Å². The second-order valence-electron chi connectivity index (χ2n) is 7.93. The summed E-state index contributed by atoms with van der Waals surface area (Å²) >= 11 is 0. The van der Waals surface area contributed by atoms with Crippen LogP contribution < -0.4 is 11.3 Å². The number of nitrogens with two attached hydrogens (primary N) is 1. The van der Waals surface area contributed by atoms with Gasteiger partial charge in [-0.1, -0.05) is 6.07 Å². The first-order valence-electron chi connectivity index (χ1n) is 10.1. The minimum Gasteiger partial charge on any atom is -0.439 e. The third kappa shape index (κ3) is 4.15. The average molecular weight is 417 g/mol. The Hall–Kier alpha value is -2.58. The molecule has 2 aromatic heterocycles. The molecule has 1 aliphatic rings. The Kier molecular flexibility index (Phi) is 5.97. The first-order valence-corrected chi connectivity index (χ1v) is 10.1. The lowest BCUT2D eigenvalue weighted by Crippen LogP contribution is -2.26. The number of nitrogens with one attached hydrogen (secondary N) is 1. The van der Waals surface area contributed by atoms with Crippen molar-refractivity contribution in [2.75, 3.05) is 13.7 Å². The standard InChI is InChI=1S/C22H25F2N3O3/c1-29-11-17(16-9-15(24)10-26-21(16)28)13-4-7-19-18(8-13)27-22(30-19)20(25)12-2-5-14(23)6-3-12/h4,7-10,12,14,17,20H,2-3,5-6,11,25H2,1H3,(H,26,28)/t12?,14?,17-,20+/m1/s1. The largest absolute Gasteiger partial charge is 0.439 e. The van der Waals surface area contributed by atoms with Crippen LogP contribution >= 0.6 is 0 Å². The molecule has 30 heavy (non-hydrogen) atoms. The number of H-pyrrole nitrogens is 1. The molecular formula is C22H25F2N3O3. The lowest BCUT2D eigenvalue weighted by atomic mass is 9.83. The van der Waals surface area contributed by atoms with E-state index in [9.17, 15) is 13.6 Å². The molecule has 0 spiro atoms. The van der Waals surface area contributed by atoms with E-state index in [0.717, 1.165) is 11.8 Å². The van der Waals surface area contributed by atoms with Crippen molar-refractivity contribution >= 4 is 11.1 Å². The highest BCUT2D eigenvalue weighted by molar-refractivity contribution is 5.74. The number of oxazole rings is 1. The molecule has 3 N–H and O–H groups in total. The van der Waals surface area contributed by atoms with Gasteiger partial charge in [-0.2, -0.15) is 0 Å². The lowest BCUT2D eigenvalue weighted by Gasteiger charge is -2.27. The Balaban J connectivity index is 1.65. The van der Waals surface area contributed by atoms with Gasteiger partial charge < -0.3 is 19.9 Å². The number of ether oxygens (including phenoxy) is 1. The van der Waals surface area contributed by atoms with E-state index in [-0.39, 0.29) is 23.6 Å². The summed E-state index contributed by atoms with van der Waals surface area (Å²) in [4.78, 5) is 19.2. The minimum atomic E-state index is -0.747. The van der Waals surface area contributed by atoms with Crippen molar-refractivity contribution in [1.82, 2.24) is 9.97 Å². The Morgan fingerprint density at radius 2 is 2.07 bits per heavy atom. The SMILES string of the molecule is COC[C@H](c1ccc2oc([C@@H](N)C3CCC(F)CC3)nc2c1)c1cc(F)c[nH]c1=O. The van der Waals surface area contributed by atoms with Crippen LogP contribution in [0.15, 0.2) is 39.7 Å². The zero-order chi connectivity index (χ0) is 21.3. The molecule has 1 aliphatic carbocycles. The molecule has 0 radical (unpaired) electrons. The molecule has 8 heteroatoms. The number of aromatic amines is 1. The van der Waals surface area contributed by atoms with Gasteiger partial charge in [0.2, 0.25) is 5.89 Å². The van der Waals surface area contributed by atoms with Gasteiger partial charge in [-0.15, -0.1) is 0 Å². The fourth-order valence-electron chi connectivity index (χ4n) is 4.23. The zero-order valence-corrected chi connectivity index (χ0v) is 16.7. The molecule has 2 heterocycles.